The first-order valence-corrected chi connectivity index (χ1v) is 8.07. The fraction of sp³-hybridized carbons (Fsp3) is 0.667. The van der Waals surface area contributed by atoms with Gasteiger partial charge in [0.25, 0.3) is 0 Å². The van der Waals surface area contributed by atoms with E-state index in [0.717, 1.165) is 13.0 Å². The molecule has 0 radical (unpaired) electrons. The smallest absolute Gasteiger partial charge is 0.306 e. The monoisotopic (exact) mass is 297 g/mol. The van der Waals surface area contributed by atoms with Gasteiger partial charge in [0.15, 0.2) is 0 Å². The summed E-state index contributed by atoms with van der Waals surface area (Å²) in [6.45, 7) is 3.46. The highest BCUT2D eigenvalue weighted by Crippen LogP contribution is 2.32. The van der Waals surface area contributed by atoms with E-state index >= 15 is 0 Å². The molecule has 4 nitrogen and oxygen atoms in total. The lowest BCUT2D eigenvalue weighted by Gasteiger charge is -2.34. The van der Waals surface area contributed by atoms with Crippen LogP contribution in [0.2, 0.25) is 0 Å². The number of rotatable bonds is 6. The van der Waals surface area contributed by atoms with Crippen molar-refractivity contribution in [1.29, 1.82) is 0 Å². The second-order valence-corrected chi connectivity index (χ2v) is 6.91. The molecule has 3 N–H and O–H groups in total. The van der Waals surface area contributed by atoms with Crippen LogP contribution in [-0.4, -0.2) is 28.3 Å². The van der Waals surface area contributed by atoms with Crippen molar-refractivity contribution in [2.45, 2.75) is 51.2 Å². The third-order valence-electron chi connectivity index (χ3n) is 4.08. The summed E-state index contributed by atoms with van der Waals surface area (Å²) in [5.74, 6) is -1.01. The lowest BCUT2D eigenvalue weighted by Crippen LogP contribution is -2.44. The Morgan fingerprint density at radius 1 is 1.40 bits per heavy atom. The zero-order valence-electron chi connectivity index (χ0n) is 11.9. The molecular weight excluding hydrogens is 274 g/mol. The van der Waals surface area contributed by atoms with Gasteiger partial charge in [0.05, 0.1) is 11.5 Å². The molecule has 1 aromatic rings. The molecule has 0 bridgehead atoms. The van der Waals surface area contributed by atoms with Gasteiger partial charge in [-0.3, -0.25) is 4.79 Å². The van der Waals surface area contributed by atoms with E-state index in [2.05, 4.69) is 24.4 Å². The first-order chi connectivity index (χ1) is 9.52. The third kappa shape index (κ3) is 4.04. The lowest BCUT2D eigenvalue weighted by atomic mass is 9.79. The van der Waals surface area contributed by atoms with E-state index in [0.29, 0.717) is 32.2 Å². The number of carbonyl (C=O) groups is 1. The number of carboxylic acids is 1. The van der Waals surface area contributed by atoms with E-state index in [1.54, 1.807) is 11.3 Å². The molecule has 112 valence electrons. The quantitative estimate of drug-likeness (QED) is 0.754. The van der Waals surface area contributed by atoms with Crippen molar-refractivity contribution >= 4 is 17.3 Å². The van der Waals surface area contributed by atoms with Gasteiger partial charge in [-0.25, -0.2) is 0 Å². The molecular formula is C15H23NO3S. The van der Waals surface area contributed by atoms with E-state index < -0.39 is 11.6 Å². The van der Waals surface area contributed by atoms with Crippen LogP contribution in [0.25, 0.3) is 0 Å². The number of carboxylic acid groups (broad SMARTS) is 1. The maximum absolute atomic E-state index is 10.9. The molecule has 1 fully saturated rings. The molecule has 0 saturated heterocycles. The Kier molecular flexibility index (Phi) is 5.18. The maximum atomic E-state index is 10.9. The Morgan fingerprint density at radius 2 is 2.05 bits per heavy atom. The van der Waals surface area contributed by atoms with Crippen molar-refractivity contribution in [1.82, 2.24) is 5.32 Å². The van der Waals surface area contributed by atoms with Crippen molar-refractivity contribution in [3.63, 3.8) is 0 Å². The van der Waals surface area contributed by atoms with E-state index in [1.165, 1.54) is 9.75 Å². The molecule has 1 heterocycles. The van der Waals surface area contributed by atoms with Crippen molar-refractivity contribution < 1.29 is 15.0 Å². The summed E-state index contributed by atoms with van der Waals surface area (Å²) in [5, 5.41) is 22.7. The Balaban J connectivity index is 1.75. The zero-order chi connectivity index (χ0) is 14.6. The van der Waals surface area contributed by atoms with Crippen molar-refractivity contribution in [2.24, 2.45) is 5.92 Å². The molecule has 20 heavy (non-hydrogen) atoms. The first-order valence-electron chi connectivity index (χ1n) is 7.26. The highest BCUT2D eigenvalue weighted by atomic mass is 32.1. The third-order valence-corrected chi connectivity index (χ3v) is 5.31. The van der Waals surface area contributed by atoms with E-state index in [4.69, 9.17) is 5.11 Å². The second-order valence-electron chi connectivity index (χ2n) is 5.66. The van der Waals surface area contributed by atoms with Crippen molar-refractivity contribution in [2.75, 3.05) is 6.54 Å². The van der Waals surface area contributed by atoms with E-state index in [-0.39, 0.29) is 5.92 Å². The number of hydrogen-bond donors (Lipinski definition) is 3. The predicted octanol–water partition coefficient (Wildman–Crippen LogP) is 2.41. The van der Waals surface area contributed by atoms with Gasteiger partial charge < -0.3 is 15.5 Å². The summed E-state index contributed by atoms with van der Waals surface area (Å²) in [4.78, 5) is 13.6. The first kappa shape index (κ1) is 15.5. The van der Waals surface area contributed by atoms with Gasteiger partial charge in [0.1, 0.15) is 0 Å². The minimum atomic E-state index is -0.739. The average molecular weight is 297 g/mol. The van der Waals surface area contributed by atoms with Gasteiger partial charge in [0, 0.05) is 22.8 Å². The van der Waals surface area contributed by atoms with Gasteiger partial charge in [-0.05, 0) is 44.2 Å². The molecule has 1 saturated carbocycles. The average Bonchev–Trinajstić information content (AvgIpc) is 2.87. The Hall–Kier alpha value is -0.910. The highest BCUT2D eigenvalue weighted by molar-refractivity contribution is 7.11. The number of thiophene rings is 1. The molecule has 5 heteroatoms. The summed E-state index contributed by atoms with van der Waals surface area (Å²) in [6.07, 6.45) is 3.35. The van der Waals surface area contributed by atoms with Crippen LogP contribution in [0.4, 0.5) is 0 Å². The van der Waals surface area contributed by atoms with Crippen LogP contribution in [0.3, 0.4) is 0 Å². The topological polar surface area (TPSA) is 69.6 Å². The van der Waals surface area contributed by atoms with Crippen LogP contribution in [0.5, 0.6) is 0 Å². The van der Waals surface area contributed by atoms with Gasteiger partial charge in [0.2, 0.25) is 0 Å². The van der Waals surface area contributed by atoms with Crippen LogP contribution in [0.15, 0.2) is 12.1 Å². The van der Waals surface area contributed by atoms with Crippen LogP contribution < -0.4 is 5.32 Å². The summed E-state index contributed by atoms with van der Waals surface area (Å²) >= 11 is 1.80. The van der Waals surface area contributed by atoms with Crippen LogP contribution in [0.1, 0.15) is 42.4 Å². The van der Waals surface area contributed by atoms with Crippen LogP contribution in [0, 0.1) is 5.92 Å². The second kappa shape index (κ2) is 6.70. The number of hydrogen-bond acceptors (Lipinski definition) is 4. The molecule has 1 aromatic heterocycles. The van der Waals surface area contributed by atoms with Gasteiger partial charge >= 0.3 is 5.97 Å². The molecule has 0 unspecified atom stereocenters. The molecule has 0 amide bonds. The summed E-state index contributed by atoms with van der Waals surface area (Å²) in [7, 11) is 0. The van der Waals surface area contributed by atoms with Crippen LogP contribution >= 0.6 is 11.3 Å². The number of aliphatic hydroxyl groups is 1. The maximum Gasteiger partial charge on any atom is 0.306 e. The van der Waals surface area contributed by atoms with E-state index in [1.807, 2.05) is 0 Å². The Morgan fingerprint density at radius 3 is 2.60 bits per heavy atom. The van der Waals surface area contributed by atoms with Crippen molar-refractivity contribution in [3.05, 3.63) is 21.9 Å². The lowest BCUT2D eigenvalue weighted by molar-refractivity contribution is -0.144. The molecule has 0 aromatic carbocycles. The minimum Gasteiger partial charge on any atom is -0.481 e. The molecule has 0 atom stereocenters. The Bertz CT molecular complexity index is 450. The number of aliphatic carboxylic acids is 1. The summed E-state index contributed by atoms with van der Waals surface area (Å²) in [6, 6.07) is 4.27. The normalized spacial score (nSPS) is 26.6. The van der Waals surface area contributed by atoms with Gasteiger partial charge in [-0.2, -0.15) is 0 Å². The predicted molar refractivity (Wildman–Crippen MR) is 79.9 cm³/mol. The number of aryl methyl sites for hydroxylation is 1. The fourth-order valence-corrected chi connectivity index (χ4v) is 3.63. The zero-order valence-corrected chi connectivity index (χ0v) is 12.7. The van der Waals surface area contributed by atoms with Crippen LogP contribution in [-0.2, 0) is 17.8 Å². The largest absolute Gasteiger partial charge is 0.481 e. The molecule has 0 spiro atoms. The van der Waals surface area contributed by atoms with Gasteiger partial charge in [-0.1, -0.05) is 6.92 Å². The number of nitrogens with one attached hydrogen (secondary N) is 1. The summed E-state index contributed by atoms with van der Waals surface area (Å²) < 4.78 is 0. The standard InChI is InChI=1S/C15H23NO3S/c1-2-12-3-4-13(20-12)9-16-10-15(19)7-5-11(6-8-15)14(17)18/h3-4,11,16,19H,2,5-10H2,1H3,(H,17,18). The fourth-order valence-electron chi connectivity index (χ4n) is 2.70. The highest BCUT2D eigenvalue weighted by Gasteiger charge is 2.35. The van der Waals surface area contributed by atoms with Crippen molar-refractivity contribution in [3.8, 4) is 0 Å². The Labute approximate surface area is 123 Å². The molecule has 1 aliphatic carbocycles. The van der Waals surface area contributed by atoms with E-state index in [9.17, 15) is 9.90 Å². The molecule has 0 aliphatic heterocycles. The van der Waals surface area contributed by atoms with Gasteiger partial charge in [-0.15, -0.1) is 11.3 Å². The summed E-state index contributed by atoms with van der Waals surface area (Å²) in [5.41, 5.74) is -0.739. The molecule has 2 rings (SSSR count). The molecule has 1 aliphatic rings. The SMILES string of the molecule is CCc1ccc(CNCC2(O)CCC(C(=O)O)CC2)s1. The minimum absolute atomic E-state index is 0.278.